The maximum Gasteiger partial charge on any atom is 0.390 e. The molecule has 3 aliphatic heterocycles. The van der Waals surface area contributed by atoms with Gasteiger partial charge in [0.1, 0.15) is 42.6 Å². The van der Waals surface area contributed by atoms with E-state index in [1.54, 1.807) is 30.3 Å². The van der Waals surface area contributed by atoms with Crippen molar-refractivity contribution in [3.05, 3.63) is 107 Å². The summed E-state index contributed by atoms with van der Waals surface area (Å²) in [5, 5.41) is 33.3. The number of nitrogens with zero attached hydrogens (tertiary/aromatic N) is 10. The van der Waals surface area contributed by atoms with Crippen LogP contribution in [-0.4, -0.2) is 117 Å². The lowest BCUT2D eigenvalue weighted by Crippen LogP contribution is -2.34. The zero-order chi connectivity index (χ0) is 43.8. The van der Waals surface area contributed by atoms with Crippen LogP contribution in [0.5, 0.6) is 0 Å². The molecule has 7 heterocycles. The minimum atomic E-state index is -4.70. The molecular weight excluding hydrogens is 870 g/mol. The summed E-state index contributed by atoms with van der Waals surface area (Å²) in [6.45, 7) is -6.43. The van der Waals surface area contributed by atoms with Gasteiger partial charge in [-0.3, -0.25) is 38.0 Å². The topological polar surface area (TPSA) is 245 Å². The predicted octanol–water partition coefficient (Wildman–Crippen LogP) is 4.44. The van der Waals surface area contributed by atoms with Gasteiger partial charge in [-0.05, 0) is 23.5 Å². The number of para-hydroxylation sites is 1. The Labute approximate surface area is 359 Å². The number of aliphatic hydroxyl groups excluding tert-OH is 2. The number of amides is 1. The summed E-state index contributed by atoms with van der Waals surface area (Å²) in [5.41, 5.74) is 1.23. The molecule has 9 atom stereocenters. The summed E-state index contributed by atoms with van der Waals surface area (Å²) in [4.78, 5) is 52.7. The number of nitro groups is 1. The van der Waals surface area contributed by atoms with Crippen molar-refractivity contribution in [2.75, 3.05) is 24.7 Å². The van der Waals surface area contributed by atoms with E-state index >= 15 is 8.78 Å². The first-order chi connectivity index (χ1) is 30.5. The first kappa shape index (κ1) is 42.5. The summed E-state index contributed by atoms with van der Waals surface area (Å²) in [6, 6.07) is 14.1. The lowest BCUT2D eigenvalue weighted by molar-refractivity contribution is -0.385. The van der Waals surface area contributed by atoms with E-state index in [2.05, 4.69) is 41.7 Å². The third-order valence-electron chi connectivity index (χ3n) is 10.6. The van der Waals surface area contributed by atoms with Crippen molar-refractivity contribution in [2.45, 2.75) is 67.8 Å². The molecule has 24 heteroatoms. The Morgan fingerprint density at radius 2 is 1.62 bits per heavy atom. The van der Waals surface area contributed by atoms with Crippen LogP contribution in [0.1, 0.15) is 40.5 Å². The monoisotopic (exact) mass is 904 g/mol. The molecular formula is C39H35F2N10O10PS. The average Bonchev–Trinajstić information content (AvgIpc) is 4.07. The summed E-state index contributed by atoms with van der Waals surface area (Å²) in [6.07, 6.45) is -8.49. The highest BCUT2D eigenvalue weighted by Gasteiger charge is 2.52. The van der Waals surface area contributed by atoms with Crippen molar-refractivity contribution in [1.82, 2.24) is 39.0 Å². The van der Waals surface area contributed by atoms with Crippen molar-refractivity contribution < 1.29 is 51.8 Å². The Kier molecular flexibility index (Phi) is 12.0. The maximum absolute atomic E-state index is 16.7. The number of halogens is 2. The van der Waals surface area contributed by atoms with E-state index in [0.29, 0.717) is 28.2 Å². The van der Waals surface area contributed by atoms with Crippen LogP contribution < -0.4 is 4.90 Å². The summed E-state index contributed by atoms with van der Waals surface area (Å²) >= 11 is 0.474. The molecule has 63 heavy (non-hydrogen) atoms. The molecule has 0 radical (unpaired) electrons. The second-order valence-electron chi connectivity index (χ2n) is 14.4. The number of carbonyl (C=O) groups excluding carboxylic acids is 1. The molecule has 0 aliphatic carbocycles. The van der Waals surface area contributed by atoms with Crippen LogP contribution in [-0.2, 0) is 35.3 Å². The summed E-state index contributed by atoms with van der Waals surface area (Å²) in [7, 11) is 0. The summed E-state index contributed by atoms with van der Waals surface area (Å²) in [5.74, 6) is 5.34. The lowest BCUT2D eigenvalue weighted by Gasteiger charge is -2.26. The molecule has 2 N–H and O–H groups in total. The number of aryl methyl sites for hydroxylation is 1. The molecule has 20 nitrogen and oxygen atoms in total. The van der Waals surface area contributed by atoms with Crippen LogP contribution in [0.3, 0.4) is 0 Å². The Hall–Kier alpha value is -5.83. The fraction of sp³-hybridized carbons (Fsp3) is 0.359. The zero-order valence-corrected chi connectivity index (χ0v) is 34.3. The SMILES string of the molecule is O=C(c1ccccc1)N1CC#CCCc2ncnc3c2ncn3C2O[C@H](CO)[C@@H](O[P@@](=O)(SCc3ccccc3[N+](=O)[O-])OC[C@H]3OC([C@H](F)[C@@H]3O)n3cnc4c1ncnc43)[C@H]2F. The number of rotatable bonds is 6. The summed E-state index contributed by atoms with van der Waals surface area (Å²) < 4.78 is 73.7. The van der Waals surface area contributed by atoms with Crippen LogP contribution in [0.15, 0.2) is 79.9 Å². The quantitative estimate of drug-likeness (QED) is 0.102. The third kappa shape index (κ3) is 8.15. The largest absolute Gasteiger partial charge is 0.394 e. The highest BCUT2D eigenvalue weighted by Crippen LogP contribution is 2.64. The first-order valence-electron chi connectivity index (χ1n) is 19.4. The Balaban J connectivity index is 1.11. The number of carbonyl (C=O) groups is 1. The maximum atomic E-state index is 16.7. The minimum absolute atomic E-state index is 0.0377. The number of fused-ring (bicyclic) bond motifs is 6. The molecule has 4 aromatic heterocycles. The Morgan fingerprint density at radius 1 is 0.921 bits per heavy atom. The van der Waals surface area contributed by atoms with E-state index in [1.165, 1.54) is 57.3 Å². The van der Waals surface area contributed by atoms with Gasteiger partial charge in [0.2, 0.25) is 0 Å². The fourth-order valence-corrected chi connectivity index (χ4v) is 10.9. The minimum Gasteiger partial charge on any atom is -0.394 e. The Morgan fingerprint density at radius 3 is 2.38 bits per heavy atom. The van der Waals surface area contributed by atoms with E-state index in [4.69, 9.17) is 18.5 Å². The fourth-order valence-electron chi connectivity index (χ4n) is 7.50. The second kappa shape index (κ2) is 17.7. The predicted molar refractivity (Wildman–Crippen MR) is 218 cm³/mol. The van der Waals surface area contributed by atoms with Gasteiger partial charge in [0, 0.05) is 35.8 Å². The second-order valence-corrected chi connectivity index (χ2v) is 18.5. The third-order valence-corrected chi connectivity index (χ3v) is 14.3. The van der Waals surface area contributed by atoms with E-state index in [0.717, 1.165) is 6.33 Å². The molecule has 1 amide bonds. The molecule has 326 valence electrons. The average molecular weight is 905 g/mol. The van der Waals surface area contributed by atoms with Gasteiger partial charge in [-0.2, -0.15) is 0 Å². The number of ether oxygens (including phenoxy) is 2. The normalized spacial score (nSPS) is 27.7. The van der Waals surface area contributed by atoms with Gasteiger partial charge in [0.05, 0.1) is 43.0 Å². The van der Waals surface area contributed by atoms with Gasteiger partial charge in [0.15, 0.2) is 47.4 Å². The van der Waals surface area contributed by atoms with Crippen LogP contribution in [0.2, 0.25) is 0 Å². The van der Waals surface area contributed by atoms with Crippen molar-refractivity contribution in [2.24, 2.45) is 0 Å². The van der Waals surface area contributed by atoms with Crippen molar-refractivity contribution in [1.29, 1.82) is 0 Å². The number of anilines is 1. The lowest BCUT2D eigenvalue weighted by atomic mass is 10.1. The number of hydrogen-bond donors (Lipinski definition) is 2. The molecule has 2 fully saturated rings. The molecule has 12 bridgehead atoms. The number of aromatic nitrogens is 8. The number of hydrogen-bond acceptors (Lipinski definition) is 17. The molecule has 2 aromatic carbocycles. The Bertz CT molecular complexity index is 2800. The number of nitro benzene ring substituents is 1. The van der Waals surface area contributed by atoms with Gasteiger partial charge >= 0.3 is 6.80 Å². The van der Waals surface area contributed by atoms with Crippen LogP contribution in [0, 0.1) is 22.0 Å². The number of imidazole rings is 2. The molecule has 2 unspecified atom stereocenters. The van der Waals surface area contributed by atoms with Crippen molar-refractivity contribution in [3.8, 4) is 11.8 Å². The van der Waals surface area contributed by atoms with Crippen LogP contribution in [0.25, 0.3) is 22.3 Å². The standard InChI is InChI=1S/C39H35F2N10O10PS/c40-28-32(53)27-16-58-62(57,63-17-23-11-6-7-13-25(23)51(55)56)61-33-26(15-52)59-39(29(33)41)49-20-46-30-24(42-18-43-34(30)49)12-5-2-8-14-48(37(54)22-9-3-1-4-10-22)35-31-36(45-19-44-35)50(21-47-31)38(28)60-27/h1,3-4,6-7,9-11,13,18-21,26-29,32-33,38-39,52-53H,5,12,14-17H2/t26-,27-,28-,29-,32-,33-,38?,39?,62+/m1/s1. The van der Waals surface area contributed by atoms with E-state index in [9.17, 15) is 29.7 Å². The van der Waals surface area contributed by atoms with Crippen LogP contribution >= 0.6 is 18.2 Å². The molecule has 3 aliphatic rings. The molecule has 0 spiro atoms. The van der Waals surface area contributed by atoms with E-state index in [1.807, 2.05) is 0 Å². The van der Waals surface area contributed by atoms with Gasteiger partial charge in [-0.1, -0.05) is 42.3 Å². The molecule has 6 aromatic rings. The van der Waals surface area contributed by atoms with Crippen molar-refractivity contribution >= 4 is 57.9 Å². The highest BCUT2D eigenvalue weighted by molar-refractivity contribution is 8.54. The van der Waals surface area contributed by atoms with Gasteiger partial charge in [-0.15, -0.1) is 5.92 Å². The molecule has 9 rings (SSSR count). The van der Waals surface area contributed by atoms with Crippen LogP contribution in [0.4, 0.5) is 20.3 Å². The van der Waals surface area contributed by atoms with Gasteiger partial charge < -0.3 is 19.7 Å². The molecule has 2 saturated heterocycles. The highest BCUT2D eigenvalue weighted by atomic mass is 32.7. The van der Waals surface area contributed by atoms with E-state index in [-0.39, 0.29) is 59.0 Å². The number of benzene rings is 2. The smallest absolute Gasteiger partial charge is 0.390 e. The number of aliphatic hydroxyl groups is 2. The van der Waals surface area contributed by atoms with Gasteiger partial charge in [0.25, 0.3) is 11.6 Å². The van der Waals surface area contributed by atoms with Gasteiger partial charge in [-0.25, -0.2) is 43.2 Å². The first-order valence-corrected chi connectivity index (χ1v) is 22.5. The van der Waals surface area contributed by atoms with E-state index < -0.39 is 80.1 Å². The molecule has 0 saturated carbocycles. The zero-order valence-electron chi connectivity index (χ0n) is 32.6. The van der Waals surface area contributed by atoms with Crippen molar-refractivity contribution in [3.63, 3.8) is 0 Å². The number of alkyl halides is 2.